The zero-order valence-electron chi connectivity index (χ0n) is 13.1. The van der Waals surface area contributed by atoms with Gasteiger partial charge in [0.05, 0.1) is 5.69 Å². The number of aliphatic hydroxyl groups excluding tert-OH is 1. The van der Waals surface area contributed by atoms with Crippen LogP contribution in [-0.2, 0) is 6.42 Å². The molecule has 1 aliphatic rings. The second-order valence-electron chi connectivity index (χ2n) is 6.17. The molecule has 0 amide bonds. The summed E-state index contributed by atoms with van der Waals surface area (Å²) in [7, 11) is 0. The van der Waals surface area contributed by atoms with Crippen molar-refractivity contribution in [3.63, 3.8) is 0 Å². The number of fused-ring (bicyclic) bond motifs is 1. The lowest BCUT2D eigenvalue weighted by atomic mass is 9.97. The summed E-state index contributed by atoms with van der Waals surface area (Å²) >= 11 is 1.84. The molecular weight excluding hydrogens is 292 g/mol. The van der Waals surface area contributed by atoms with Crippen LogP contribution in [0.25, 0.3) is 10.6 Å². The van der Waals surface area contributed by atoms with Gasteiger partial charge in [0.15, 0.2) is 0 Å². The number of aryl methyl sites for hydroxylation is 1. The van der Waals surface area contributed by atoms with Gasteiger partial charge in [-0.15, -0.1) is 11.3 Å². The average molecular weight is 316 g/mol. The zero-order valence-corrected chi connectivity index (χ0v) is 13.9. The van der Waals surface area contributed by atoms with Gasteiger partial charge in [0.25, 0.3) is 0 Å². The third kappa shape index (κ3) is 3.57. The Labute approximate surface area is 136 Å². The molecule has 118 valence electrons. The first kappa shape index (κ1) is 15.7. The van der Waals surface area contributed by atoms with E-state index < -0.39 is 0 Å². The van der Waals surface area contributed by atoms with E-state index in [-0.39, 0.29) is 6.61 Å². The van der Waals surface area contributed by atoms with Crippen molar-refractivity contribution < 1.29 is 5.11 Å². The maximum Gasteiger partial charge on any atom is 0.123 e. The molecule has 2 atom stereocenters. The Morgan fingerprint density at radius 2 is 2.18 bits per heavy atom. The van der Waals surface area contributed by atoms with E-state index in [1.165, 1.54) is 29.0 Å². The van der Waals surface area contributed by atoms with Crippen LogP contribution < -0.4 is 5.32 Å². The summed E-state index contributed by atoms with van der Waals surface area (Å²) in [6, 6.07) is 10.9. The fraction of sp³-hybridized carbons (Fsp3) is 0.500. The van der Waals surface area contributed by atoms with Gasteiger partial charge in [-0.05, 0) is 38.1 Å². The molecule has 4 heteroatoms. The van der Waals surface area contributed by atoms with Crippen LogP contribution in [0.3, 0.4) is 0 Å². The number of hydrogen-bond acceptors (Lipinski definition) is 4. The molecule has 1 heterocycles. The highest BCUT2D eigenvalue weighted by Crippen LogP contribution is 2.37. The highest BCUT2D eigenvalue weighted by Gasteiger charge is 2.24. The van der Waals surface area contributed by atoms with Gasteiger partial charge in [0.2, 0.25) is 0 Å². The van der Waals surface area contributed by atoms with Crippen LogP contribution in [0, 0.1) is 5.92 Å². The van der Waals surface area contributed by atoms with Gasteiger partial charge in [-0.2, -0.15) is 0 Å². The van der Waals surface area contributed by atoms with Crippen LogP contribution in [-0.4, -0.2) is 23.2 Å². The summed E-state index contributed by atoms with van der Waals surface area (Å²) < 4.78 is 0. The van der Waals surface area contributed by atoms with Gasteiger partial charge in [-0.25, -0.2) is 4.98 Å². The fourth-order valence-corrected chi connectivity index (χ4v) is 4.21. The smallest absolute Gasteiger partial charge is 0.123 e. The Hall–Kier alpha value is -1.23. The van der Waals surface area contributed by atoms with E-state index in [2.05, 4.69) is 36.5 Å². The van der Waals surface area contributed by atoms with Gasteiger partial charge in [0, 0.05) is 23.1 Å². The van der Waals surface area contributed by atoms with Crippen molar-refractivity contribution in [2.75, 3.05) is 13.2 Å². The van der Waals surface area contributed by atoms with E-state index in [1.54, 1.807) is 0 Å². The molecule has 0 fully saturated rings. The second-order valence-corrected chi connectivity index (χ2v) is 7.20. The van der Waals surface area contributed by atoms with Crippen molar-refractivity contribution in [3.8, 4) is 10.6 Å². The molecule has 1 aliphatic carbocycles. The molecule has 1 aromatic carbocycles. The van der Waals surface area contributed by atoms with E-state index in [0.717, 1.165) is 24.4 Å². The topological polar surface area (TPSA) is 45.1 Å². The van der Waals surface area contributed by atoms with Gasteiger partial charge < -0.3 is 10.4 Å². The van der Waals surface area contributed by atoms with Gasteiger partial charge in [0.1, 0.15) is 5.01 Å². The summed E-state index contributed by atoms with van der Waals surface area (Å²) in [6.45, 7) is 3.43. The van der Waals surface area contributed by atoms with Crippen molar-refractivity contribution >= 4 is 11.3 Å². The number of aliphatic hydroxyl groups is 1. The molecule has 2 unspecified atom stereocenters. The number of aromatic nitrogens is 1. The Kier molecular flexibility index (Phi) is 5.24. The van der Waals surface area contributed by atoms with Crippen molar-refractivity contribution in [2.24, 2.45) is 5.92 Å². The van der Waals surface area contributed by atoms with Gasteiger partial charge in [-0.3, -0.25) is 0 Å². The zero-order chi connectivity index (χ0) is 15.4. The van der Waals surface area contributed by atoms with Crippen LogP contribution in [0.1, 0.15) is 42.8 Å². The van der Waals surface area contributed by atoms with Crippen molar-refractivity contribution in [1.29, 1.82) is 0 Å². The first-order chi connectivity index (χ1) is 10.8. The molecule has 22 heavy (non-hydrogen) atoms. The minimum Gasteiger partial charge on any atom is -0.396 e. The molecule has 0 saturated heterocycles. The summed E-state index contributed by atoms with van der Waals surface area (Å²) in [5.74, 6) is 0.511. The molecule has 1 aromatic heterocycles. The maximum atomic E-state index is 9.03. The third-order valence-corrected chi connectivity index (χ3v) is 5.57. The lowest BCUT2D eigenvalue weighted by Gasteiger charge is -2.24. The highest BCUT2D eigenvalue weighted by molar-refractivity contribution is 7.15. The Morgan fingerprint density at radius 3 is 2.95 bits per heavy atom. The van der Waals surface area contributed by atoms with E-state index in [9.17, 15) is 0 Å². The lowest BCUT2D eigenvalue weighted by molar-refractivity contribution is 0.256. The SMILES string of the molecule is CC(CCO)CNC1CCCc2nc(-c3ccccc3)sc21. The molecular formula is C18H24N2OS. The molecule has 2 aromatic rings. The molecule has 3 nitrogen and oxygen atoms in total. The normalized spacial score (nSPS) is 18.9. The summed E-state index contributed by atoms with van der Waals surface area (Å²) in [4.78, 5) is 6.29. The number of thiazole rings is 1. The summed E-state index contributed by atoms with van der Waals surface area (Å²) in [6.07, 6.45) is 4.36. The average Bonchev–Trinajstić information content (AvgIpc) is 2.99. The Morgan fingerprint density at radius 1 is 1.36 bits per heavy atom. The Bertz CT molecular complexity index is 596. The third-order valence-electron chi connectivity index (χ3n) is 4.31. The molecule has 0 bridgehead atoms. The number of hydrogen-bond donors (Lipinski definition) is 2. The first-order valence-corrected chi connectivity index (χ1v) is 8.99. The van der Waals surface area contributed by atoms with Crippen molar-refractivity contribution in [3.05, 3.63) is 40.9 Å². The predicted octanol–water partition coefficient (Wildman–Crippen LogP) is 3.80. The van der Waals surface area contributed by atoms with Crippen molar-refractivity contribution in [1.82, 2.24) is 10.3 Å². The van der Waals surface area contributed by atoms with E-state index in [1.807, 2.05) is 17.4 Å². The monoisotopic (exact) mass is 316 g/mol. The predicted molar refractivity (Wildman–Crippen MR) is 92.1 cm³/mol. The first-order valence-electron chi connectivity index (χ1n) is 8.17. The number of rotatable bonds is 6. The minimum atomic E-state index is 0.275. The molecule has 0 saturated carbocycles. The number of benzene rings is 1. The van der Waals surface area contributed by atoms with Gasteiger partial charge in [-0.1, -0.05) is 37.3 Å². The van der Waals surface area contributed by atoms with E-state index >= 15 is 0 Å². The minimum absolute atomic E-state index is 0.275. The highest BCUT2D eigenvalue weighted by atomic mass is 32.1. The van der Waals surface area contributed by atoms with Gasteiger partial charge >= 0.3 is 0 Å². The molecule has 0 spiro atoms. The molecule has 2 N–H and O–H groups in total. The van der Waals surface area contributed by atoms with Crippen LogP contribution in [0.4, 0.5) is 0 Å². The van der Waals surface area contributed by atoms with Crippen LogP contribution >= 0.6 is 11.3 Å². The number of nitrogens with zero attached hydrogens (tertiary/aromatic N) is 1. The van der Waals surface area contributed by atoms with E-state index in [0.29, 0.717) is 12.0 Å². The second kappa shape index (κ2) is 7.36. The molecule has 0 radical (unpaired) electrons. The molecule has 3 rings (SSSR count). The summed E-state index contributed by atoms with van der Waals surface area (Å²) in [5.41, 5.74) is 2.50. The lowest BCUT2D eigenvalue weighted by Crippen LogP contribution is -2.28. The molecule has 0 aliphatic heterocycles. The standard InChI is InChI=1S/C18H24N2OS/c1-13(10-11-21)12-19-15-8-5-9-16-17(15)22-18(20-16)14-6-3-2-4-7-14/h2-4,6-7,13,15,19,21H,5,8-12H2,1H3. The maximum absolute atomic E-state index is 9.03. The number of nitrogens with one attached hydrogen (secondary N) is 1. The van der Waals surface area contributed by atoms with Crippen LogP contribution in [0.5, 0.6) is 0 Å². The quantitative estimate of drug-likeness (QED) is 0.852. The van der Waals surface area contributed by atoms with E-state index in [4.69, 9.17) is 10.1 Å². The fourth-order valence-electron chi connectivity index (χ4n) is 2.98. The van der Waals surface area contributed by atoms with Crippen molar-refractivity contribution in [2.45, 2.75) is 38.6 Å². The largest absolute Gasteiger partial charge is 0.396 e. The Balaban J connectivity index is 1.74. The van der Waals surface area contributed by atoms with Crippen LogP contribution in [0.15, 0.2) is 30.3 Å². The summed E-state index contributed by atoms with van der Waals surface area (Å²) in [5, 5.41) is 13.9. The van der Waals surface area contributed by atoms with Crippen LogP contribution in [0.2, 0.25) is 0 Å².